The molecule has 7 heteroatoms. The maximum atomic E-state index is 12.3. The Hall–Kier alpha value is -2.37. The molecule has 0 unspecified atom stereocenters. The van der Waals surface area contributed by atoms with Crippen LogP contribution in [0.2, 0.25) is 10.0 Å². The monoisotopic (exact) mass is 377 g/mol. The van der Waals surface area contributed by atoms with Crippen molar-refractivity contribution in [1.82, 2.24) is 0 Å². The van der Waals surface area contributed by atoms with Gasteiger partial charge in [0.15, 0.2) is 12.4 Å². The lowest BCUT2D eigenvalue weighted by Gasteiger charge is -2.07. The molecule has 1 N–H and O–H groups in total. The van der Waals surface area contributed by atoms with Gasteiger partial charge in [-0.2, -0.15) is 0 Å². The van der Waals surface area contributed by atoms with Gasteiger partial charge < -0.3 is 10.1 Å². The van der Waals surface area contributed by atoms with Gasteiger partial charge in [-0.1, -0.05) is 23.2 Å². The fourth-order valence-electron chi connectivity index (χ4n) is 2.51. The lowest BCUT2D eigenvalue weighted by molar-refractivity contribution is -0.116. The van der Waals surface area contributed by atoms with Crippen LogP contribution < -0.4 is 5.32 Å². The maximum Gasteiger partial charge on any atom is 0.338 e. The Morgan fingerprint density at radius 3 is 2.52 bits per heavy atom. The third-order valence-electron chi connectivity index (χ3n) is 3.98. The number of ketones is 1. The van der Waals surface area contributed by atoms with E-state index in [-0.39, 0.29) is 28.2 Å². The van der Waals surface area contributed by atoms with E-state index in [9.17, 15) is 14.4 Å². The first-order valence-corrected chi connectivity index (χ1v) is 8.22. The lowest BCUT2D eigenvalue weighted by Crippen LogP contribution is -2.14. The molecule has 1 aliphatic heterocycles. The van der Waals surface area contributed by atoms with Gasteiger partial charge in [-0.05, 0) is 48.9 Å². The summed E-state index contributed by atoms with van der Waals surface area (Å²) in [5, 5.41) is 3.29. The Kier molecular flexibility index (Phi) is 4.79. The predicted octanol–water partition coefficient (Wildman–Crippen LogP) is 4.09. The normalized spacial score (nSPS) is 15.5. The molecular weight excluding hydrogens is 365 g/mol. The molecule has 0 fully saturated rings. The SMILES string of the molecule is C[C@H]1C(=O)Nc2ccc(C(=O)COC(=O)c3ccc(Cl)c(Cl)c3)cc21. The third-order valence-corrected chi connectivity index (χ3v) is 4.72. The van der Waals surface area contributed by atoms with E-state index in [4.69, 9.17) is 27.9 Å². The highest BCUT2D eigenvalue weighted by atomic mass is 35.5. The number of rotatable bonds is 4. The van der Waals surface area contributed by atoms with Gasteiger partial charge in [-0.3, -0.25) is 9.59 Å². The second kappa shape index (κ2) is 6.86. The number of esters is 1. The lowest BCUT2D eigenvalue weighted by atomic mass is 9.99. The van der Waals surface area contributed by atoms with Crippen LogP contribution in [0, 0.1) is 0 Å². The number of Topliss-reactive ketones (excluding diaryl/α,β-unsaturated/α-hetero) is 1. The summed E-state index contributed by atoms with van der Waals surface area (Å²) in [5.41, 5.74) is 2.04. The molecule has 1 heterocycles. The summed E-state index contributed by atoms with van der Waals surface area (Å²) < 4.78 is 5.03. The summed E-state index contributed by atoms with van der Waals surface area (Å²) in [6.45, 7) is 1.35. The summed E-state index contributed by atoms with van der Waals surface area (Å²) in [6, 6.07) is 9.24. The van der Waals surface area contributed by atoms with Crippen molar-refractivity contribution in [2.24, 2.45) is 0 Å². The molecule has 0 saturated heterocycles. The number of hydrogen-bond donors (Lipinski definition) is 1. The fraction of sp³-hybridized carbons (Fsp3) is 0.167. The van der Waals surface area contributed by atoms with Gasteiger partial charge in [0.25, 0.3) is 0 Å². The van der Waals surface area contributed by atoms with E-state index in [1.807, 2.05) is 0 Å². The second-order valence-electron chi connectivity index (χ2n) is 5.64. The number of ether oxygens (including phenoxy) is 1. The van der Waals surface area contributed by atoms with Gasteiger partial charge in [0, 0.05) is 11.3 Å². The van der Waals surface area contributed by atoms with Gasteiger partial charge in [0.1, 0.15) is 0 Å². The minimum Gasteiger partial charge on any atom is -0.454 e. The van der Waals surface area contributed by atoms with E-state index in [0.717, 1.165) is 5.56 Å². The quantitative estimate of drug-likeness (QED) is 0.643. The molecule has 1 aliphatic rings. The first-order valence-electron chi connectivity index (χ1n) is 7.47. The molecule has 0 aromatic heterocycles. The van der Waals surface area contributed by atoms with Crippen molar-refractivity contribution in [1.29, 1.82) is 0 Å². The topological polar surface area (TPSA) is 72.5 Å². The van der Waals surface area contributed by atoms with Crippen molar-refractivity contribution in [3.8, 4) is 0 Å². The molecule has 25 heavy (non-hydrogen) atoms. The van der Waals surface area contributed by atoms with Crippen LogP contribution in [0.4, 0.5) is 5.69 Å². The highest BCUT2D eigenvalue weighted by molar-refractivity contribution is 6.42. The van der Waals surface area contributed by atoms with Crippen molar-refractivity contribution in [2.45, 2.75) is 12.8 Å². The number of carbonyl (C=O) groups excluding carboxylic acids is 3. The summed E-state index contributed by atoms with van der Waals surface area (Å²) in [7, 11) is 0. The summed E-state index contributed by atoms with van der Waals surface area (Å²) in [6.07, 6.45) is 0. The average molecular weight is 378 g/mol. The zero-order valence-electron chi connectivity index (χ0n) is 13.1. The Morgan fingerprint density at radius 2 is 1.80 bits per heavy atom. The molecule has 3 rings (SSSR count). The smallest absolute Gasteiger partial charge is 0.338 e. The highest BCUT2D eigenvalue weighted by Crippen LogP contribution is 2.32. The van der Waals surface area contributed by atoms with Gasteiger partial charge in [-0.15, -0.1) is 0 Å². The maximum absolute atomic E-state index is 12.3. The zero-order chi connectivity index (χ0) is 18.1. The Labute approximate surface area is 153 Å². The molecule has 0 radical (unpaired) electrons. The van der Waals surface area contributed by atoms with Crippen LogP contribution in [0.1, 0.15) is 39.1 Å². The van der Waals surface area contributed by atoms with Gasteiger partial charge in [-0.25, -0.2) is 4.79 Å². The van der Waals surface area contributed by atoms with Crippen LogP contribution in [-0.4, -0.2) is 24.3 Å². The molecule has 1 atom stereocenters. The first kappa shape index (κ1) is 17.5. The number of fused-ring (bicyclic) bond motifs is 1. The van der Waals surface area contributed by atoms with E-state index in [0.29, 0.717) is 16.3 Å². The zero-order valence-corrected chi connectivity index (χ0v) is 14.6. The van der Waals surface area contributed by atoms with Crippen molar-refractivity contribution in [3.63, 3.8) is 0 Å². The van der Waals surface area contributed by atoms with Gasteiger partial charge in [0.2, 0.25) is 5.91 Å². The average Bonchev–Trinajstić information content (AvgIpc) is 2.88. The van der Waals surface area contributed by atoms with E-state index in [1.54, 1.807) is 25.1 Å². The van der Waals surface area contributed by atoms with Crippen molar-refractivity contribution in [3.05, 3.63) is 63.1 Å². The molecule has 0 bridgehead atoms. The van der Waals surface area contributed by atoms with Crippen LogP contribution >= 0.6 is 23.2 Å². The van der Waals surface area contributed by atoms with Gasteiger partial charge >= 0.3 is 5.97 Å². The Morgan fingerprint density at radius 1 is 1.08 bits per heavy atom. The molecule has 0 spiro atoms. The van der Waals surface area contributed by atoms with Crippen LogP contribution in [-0.2, 0) is 9.53 Å². The van der Waals surface area contributed by atoms with Crippen LogP contribution in [0.25, 0.3) is 0 Å². The van der Waals surface area contributed by atoms with E-state index >= 15 is 0 Å². The fourth-order valence-corrected chi connectivity index (χ4v) is 2.81. The molecule has 0 saturated carbocycles. The minimum atomic E-state index is -0.668. The third kappa shape index (κ3) is 3.52. The number of anilines is 1. The Balaban J connectivity index is 1.68. The first-order chi connectivity index (χ1) is 11.9. The van der Waals surface area contributed by atoms with Gasteiger partial charge in [0.05, 0.1) is 21.5 Å². The van der Waals surface area contributed by atoms with Crippen molar-refractivity contribution in [2.75, 3.05) is 11.9 Å². The predicted molar refractivity (Wildman–Crippen MR) is 94.6 cm³/mol. The van der Waals surface area contributed by atoms with Crippen LogP contribution in [0.5, 0.6) is 0 Å². The molecule has 1 amide bonds. The summed E-state index contributed by atoms with van der Waals surface area (Å²) >= 11 is 11.7. The molecule has 2 aromatic carbocycles. The molecule has 128 valence electrons. The number of hydrogen-bond acceptors (Lipinski definition) is 4. The van der Waals surface area contributed by atoms with E-state index in [2.05, 4.69) is 5.32 Å². The van der Waals surface area contributed by atoms with Crippen LogP contribution in [0.15, 0.2) is 36.4 Å². The second-order valence-corrected chi connectivity index (χ2v) is 6.46. The molecule has 0 aliphatic carbocycles. The van der Waals surface area contributed by atoms with E-state index < -0.39 is 12.6 Å². The number of nitrogens with one attached hydrogen (secondary N) is 1. The molecule has 2 aromatic rings. The molecular formula is C18H13Cl2NO4. The number of amides is 1. The van der Waals surface area contributed by atoms with Crippen molar-refractivity contribution >= 4 is 46.5 Å². The van der Waals surface area contributed by atoms with E-state index in [1.165, 1.54) is 18.2 Å². The Bertz CT molecular complexity index is 895. The van der Waals surface area contributed by atoms with Crippen LogP contribution in [0.3, 0.4) is 0 Å². The highest BCUT2D eigenvalue weighted by Gasteiger charge is 2.27. The summed E-state index contributed by atoms with van der Waals surface area (Å²) in [5.74, 6) is -1.45. The van der Waals surface area contributed by atoms with Crippen molar-refractivity contribution < 1.29 is 19.1 Å². The summed E-state index contributed by atoms with van der Waals surface area (Å²) in [4.78, 5) is 35.9. The number of halogens is 2. The largest absolute Gasteiger partial charge is 0.454 e. The minimum absolute atomic E-state index is 0.106. The number of benzene rings is 2. The molecule has 5 nitrogen and oxygen atoms in total. The standard InChI is InChI=1S/C18H13Cl2NO4/c1-9-12-6-10(3-5-15(12)21-17(9)23)16(22)8-25-18(24)11-2-4-13(19)14(20)7-11/h2-7,9H,8H2,1H3,(H,21,23)/t9-/m1/s1. The number of carbonyl (C=O) groups is 3.